The maximum absolute atomic E-state index is 13.8. The van der Waals surface area contributed by atoms with Crippen molar-refractivity contribution in [2.45, 2.75) is 26.4 Å². The fourth-order valence-electron chi connectivity index (χ4n) is 4.65. The molecule has 1 aliphatic heterocycles. The van der Waals surface area contributed by atoms with E-state index >= 15 is 0 Å². The number of furan rings is 1. The van der Waals surface area contributed by atoms with Gasteiger partial charge in [-0.15, -0.1) is 0 Å². The molecule has 1 unspecified atom stereocenters. The van der Waals surface area contributed by atoms with E-state index in [0.29, 0.717) is 22.3 Å². The number of benzene rings is 3. The number of aryl methyl sites for hydroxylation is 2. The monoisotopic (exact) mass is 483 g/mol. The van der Waals surface area contributed by atoms with Gasteiger partial charge in [0.15, 0.2) is 22.9 Å². The van der Waals surface area contributed by atoms with E-state index in [4.69, 9.17) is 9.15 Å². The van der Waals surface area contributed by atoms with Gasteiger partial charge in [-0.1, -0.05) is 48.0 Å². The summed E-state index contributed by atoms with van der Waals surface area (Å²) < 4.78 is 11.2. The van der Waals surface area contributed by atoms with Crippen molar-refractivity contribution in [3.05, 3.63) is 106 Å². The van der Waals surface area contributed by atoms with Crippen LogP contribution >= 0.6 is 0 Å². The second kappa shape index (κ2) is 8.92. The van der Waals surface area contributed by atoms with E-state index in [9.17, 15) is 19.8 Å². The molecule has 0 spiro atoms. The van der Waals surface area contributed by atoms with Gasteiger partial charge in [0.05, 0.1) is 18.7 Å². The summed E-state index contributed by atoms with van der Waals surface area (Å²) in [5, 5.41) is 21.5. The molecule has 1 aromatic heterocycles. The summed E-state index contributed by atoms with van der Waals surface area (Å²) in [7, 11) is 1.51. The smallest absolute Gasteiger partial charge is 0.290 e. The summed E-state index contributed by atoms with van der Waals surface area (Å²) in [5.74, 6) is -1.35. The van der Waals surface area contributed by atoms with Gasteiger partial charge in [-0.2, -0.15) is 0 Å². The van der Waals surface area contributed by atoms with E-state index in [1.54, 1.807) is 36.4 Å². The minimum atomic E-state index is -0.874. The van der Waals surface area contributed by atoms with E-state index in [1.807, 2.05) is 32.0 Å². The number of hydrogen-bond donors (Lipinski definition) is 2. The number of carbonyl (C=O) groups excluding carboxylic acids is 2. The number of para-hydroxylation sites is 1. The lowest BCUT2D eigenvalue weighted by atomic mass is 9.94. The Hall–Kier alpha value is -4.52. The first-order valence-corrected chi connectivity index (χ1v) is 11.5. The number of ketones is 1. The summed E-state index contributed by atoms with van der Waals surface area (Å²) in [4.78, 5) is 28.6. The summed E-state index contributed by atoms with van der Waals surface area (Å²) in [5.41, 5.74) is 3.83. The fourth-order valence-corrected chi connectivity index (χ4v) is 4.65. The van der Waals surface area contributed by atoms with E-state index < -0.39 is 23.5 Å². The number of ether oxygens (including phenoxy) is 1. The highest BCUT2D eigenvalue weighted by Gasteiger charge is 2.44. The molecule has 0 saturated carbocycles. The van der Waals surface area contributed by atoms with Crippen LogP contribution in [0.15, 0.2) is 82.5 Å². The second-order valence-corrected chi connectivity index (χ2v) is 8.94. The Bertz CT molecular complexity index is 1530. The minimum Gasteiger partial charge on any atom is -0.508 e. The van der Waals surface area contributed by atoms with Gasteiger partial charge in [0.2, 0.25) is 5.78 Å². The summed E-state index contributed by atoms with van der Waals surface area (Å²) in [6.07, 6.45) is 0. The average Bonchev–Trinajstić information content (AvgIpc) is 3.41. The lowest BCUT2D eigenvalue weighted by molar-refractivity contribution is -0.130. The van der Waals surface area contributed by atoms with Gasteiger partial charge >= 0.3 is 0 Å². The second-order valence-electron chi connectivity index (χ2n) is 8.94. The SMILES string of the molecule is COc1cccc2cc(C(=O)C3=C(O)C(=O)N(Cc4cc(C)ccc4C)C3c3ccc(O)cc3)oc12. The van der Waals surface area contributed by atoms with Gasteiger partial charge in [-0.05, 0) is 54.8 Å². The zero-order chi connectivity index (χ0) is 25.6. The molecule has 1 amide bonds. The highest BCUT2D eigenvalue weighted by atomic mass is 16.5. The van der Waals surface area contributed by atoms with Crippen molar-refractivity contribution in [1.29, 1.82) is 0 Å². The lowest BCUT2D eigenvalue weighted by Gasteiger charge is -2.27. The van der Waals surface area contributed by atoms with Gasteiger partial charge in [-0.3, -0.25) is 9.59 Å². The van der Waals surface area contributed by atoms with Crippen molar-refractivity contribution in [2.75, 3.05) is 7.11 Å². The topological polar surface area (TPSA) is 100 Å². The Kier molecular flexibility index (Phi) is 5.76. The third kappa shape index (κ3) is 3.88. The molecule has 7 heteroatoms. The Morgan fingerprint density at radius 3 is 2.50 bits per heavy atom. The predicted octanol–water partition coefficient (Wildman–Crippen LogP) is 5.54. The predicted molar refractivity (Wildman–Crippen MR) is 134 cm³/mol. The van der Waals surface area contributed by atoms with Crippen molar-refractivity contribution in [1.82, 2.24) is 4.90 Å². The molecule has 7 nitrogen and oxygen atoms in total. The van der Waals surface area contributed by atoms with E-state index in [0.717, 1.165) is 16.7 Å². The molecule has 5 rings (SSSR count). The van der Waals surface area contributed by atoms with Crippen molar-refractivity contribution in [2.24, 2.45) is 0 Å². The molecule has 2 heterocycles. The number of aliphatic hydroxyl groups is 1. The van der Waals surface area contributed by atoms with Gasteiger partial charge in [0.25, 0.3) is 5.91 Å². The molecular weight excluding hydrogens is 458 g/mol. The number of fused-ring (bicyclic) bond motifs is 1. The standard InChI is InChI=1S/C29H25NO6/c1-16-7-8-17(2)20(13-16)15-30-25(18-9-11-21(31)12-10-18)24(27(33)29(30)34)26(32)23-14-19-5-4-6-22(35-3)28(19)36-23/h4-14,25,31,33H,15H2,1-3H3. The van der Waals surface area contributed by atoms with E-state index in [2.05, 4.69) is 0 Å². The number of methoxy groups -OCH3 is 1. The Morgan fingerprint density at radius 2 is 1.78 bits per heavy atom. The molecule has 3 aromatic carbocycles. The number of phenols is 1. The Morgan fingerprint density at radius 1 is 1.03 bits per heavy atom. The highest BCUT2D eigenvalue weighted by molar-refractivity contribution is 6.16. The maximum Gasteiger partial charge on any atom is 0.290 e. The van der Waals surface area contributed by atoms with Crippen molar-refractivity contribution < 1.29 is 29.0 Å². The quantitative estimate of drug-likeness (QED) is 0.349. The lowest BCUT2D eigenvalue weighted by Crippen LogP contribution is -2.31. The van der Waals surface area contributed by atoms with Crippen LogP contribution in [0.5, 0.6) is 11.5 Å². The van der Waals surface area contributed by atoms with Crippen LogP contribution in [-0.2, 0) is 11.3 Å². The summed E-state index contributed by atoms with van der Waals surface area (Å²) in [6.45, 7) is 4.10. The van der Waals surface area contributed by atoms with E-state index in [1.165, 1.54) is 24.1 Å². The normalized spacial score (nSPS) is 15.7. The molecule has 1 atom stereocenters. The molecule has 36 heavy (non-hydrogen) atoms. The number of amides is 1. The molecule has 1 aliphatic rings. The Balaban J connectivity index is 1.61. The van der Waals surface area contributed by atoms with Crippen molar-refractivity contribution in [3.8, 4) is 11.5 Å². The van der Waals surface area contributed by atoms with Gasteiger partial charge in [0.1, 0.15) is 5.75 Å². The van der Waals surface area contributed by atoms with Crippen molar-refractivity contribution in [3.63, 3.8) is 0 Å². The highest BCUT2D eigenvalue weighted by Crippen LogP contribution is 2.41. The molecule has 0 fully saturated rings. The molecule has 182 valence electrons. The molecule has 0 radical (unpaired) electrons. The van der Waals surface area contributed by atoms with Crippen LogP contribution in [0.25, 0.3) is 11.0 Å². The molecule has 0 aliphatic carbocycles. The molecule has 2 N–H and O–H groups in total. The van der Waals surface area contributed by atoms with Crippen LogP contribution in [0.2, 0.25) is 0 Å². The number of Topliss-reactive ketones (excluding diaryl/α,β-unsaturated/α-hetero) is 1. The molecular formula is C29H25NO6. The number of aromatic hydroxyl groups is 1. The number of nitrogens with zero attached hydrogens (tertiary/aromatic N) is 1. The van der Waals surface area contributed by atoms with Crippen LogP contribution in [0, 0.1) is 13.8 Å². The number of aliphatic hydroxyl groups excluding tert-OH is 1. The first-order valence-electron chi connectivity index (χ1n) is 11.5. The maximum atomic E-state index is 13.8. The first kappa shape index (κ1) is 23.2. The first-order chi connectivity index (χ1) is 17.3. The van der Waals surface area contributed by atoms with Crippen molar-refractivity contribution >= 4 is 22.7 Å². The molecule has 0 saturated heterocycles. The van der Waals surface area contributed by atoms with Gasteiger partial charge < -0.3 is 24.3 Å². The summed E-state index contributed by atoms with van der Waals surface area (Å²) in [6, 6.07) is 18.2. The van der Waals surface area contributed by atoms with Crippen LogP contribution in [0.4, 0.5) is 0 Å². The minimum absolute atomic E-state index is 0.0128. The Labute approximate surface area is 207 Å². The fraction of sp³-hybridized carbons (Fsp3) is 0.172. The zero-order valence-electron chi connectivity index (χ0n) is 20.1. The zero-order valence-corrected chi connectivity index (χ0v) is 20.1. The number of hydrogen-bond acceptors (Lipinski definition) is 6. The number of rotatable bonds is 6. The van der Waals surface area contributed by atoms with Crippen LogP contribution in [-0.4, -0.2) is 33.9 Å². The van der Waals surface area contributed by atoms with Gasteiger partial charge in [-0.25, -0.2) is 0 Å². The third-order valence-corrected chi connectivity index (χ3v) is 6.55. The van der Waals surface area contributed by atoms with Crippen LogP contribution < -0.4 is 4.74 Å². The van der Waals surface area contributed by atoms with E-state index in [-0.39, 0.29) is 23.6 Å². The summed E-state index contributed by atoms with van der Waals surface area (Å²) >= 11 is 0. The van der Waals surface area contributed by atoms with Crippen LogP contribution in [0.3, 0.4) is 0 Å². The molecule has 0 bridgehead atoms. The number of carbonyl (C=O) groups is 2. The number of phenolic OH excluding ortho intramolecular Hbond substituents is 1. The van der Waals surface area contributed by atoms with Gasteiger partial charge in [0, 0.05) is 11.9 Å². The third-order valence-electron chi connectivity index (χ3n) is 6.55. The largest absolute Gasteiger partial charge is 0.508 e. The molecule has 4 aromatic rings. The average molecular weight is 484 g/mol. The van der Waals surface area contributed by atoms with Crippen LogP contribution in [0.1, 0.15) is 38.9 Å².